The minimum Gasteiger partial charge on any atom is -0.492 e. The van der Waals surface area contributed by atoms with Crippen molar-refractivity contribution in [3.8, 4) is 5.75 Å². The van der Waals surface area contributed by atoms with Gasteiger partial charge in [0.05, 0.1) is 12.2 Å². The molecule has 4 heteroatoms. The second-order valence-electron chi connectivity index (χ2n) is 4.06. The monoisotopic (exact) mass is 303 g/mol. The second kappa shape index (κ2) is 4.53. The Kier molecular flexibility index (Phi) is 2.88. The summed E-state index contributed by atoms with van der Waals surface area (Å²) in [6.45, 7) is 0.642. The molecule has 0 bridgehead atoms. The molecular formula is C14H10BrNO2. The Bertz CT molecular complexity index is 625. The predicted molar refractivity (Wildman–Crippen MR) is 71.0 cm³/mol. The summed E-state index contributed by atoms with van der Waals surface area (Å²) >= 11 is 3.35. The van der Waals surface area contributed by atoms with Crippen molar-refractivity contribution in [2.45, 2.75) is 6.42 Å². The van der Waals surface area contributed by atoms with E-state index in [-0.39, 0.29) is 5.78 Å². The maximum atomic E-state index is 12.5. The van der Waals surface area contributed by atoms with Crippen LogP contribution in [0.25, 0.3) is 0 Å². The normalized spacial score (nSPS) is 12.9. The maximum absolute atomic E-state index is 12.5. The van der Waals surface area contributed by atoms with Crippen LogP contribution in [0.2, 0.25) is 0 Å². The first-order valence-corrected chi connectivity index (χ1v) is 6.46. The molecule has 0 saturated heterocycles. The van der Waals surface area contributed by atoms with Crippen molar-refractivity contribution < 1.29 is 9.53 Å². The number of benzene rings is 1. The van der Waals surface area contributed by atoms with Gasteiger partial charge in [0.2, 0.25) is 5.78 Å². The van der Waals surface area contributed by atoms with Crippen LogP contribution in [-0.2, 0) is 6.42 Å². The average molecular weight is 304 g/mol. The summed E-state index contributed by atoms with van der Waals surface area (Å²) in [4.78, 5) is 16.6. The van der Waals surface area contributed by atoms with E-state index >= 15 is 0 Å². The third-order valence-corrected chi connectivity index (χ3v) is 3.57. The molecule has 0 unspecified atom stereocenters. The number of hydrogen-bond acceptors (Lipinski definition) is 3. The molecule has 1 aliphatic heterocycles. The lowest BCUT2D eigenvalue weighted by molar-refractivity contribution is 0.103. The van der Waals surface area contributed by atoms with E-state index in [1.807, 2.05) is 18.2 Å². The van der Waals surface area contributed by atoms with Gasteiger partial charge >= 0.3 is 0 Å². The summed E-state index contributed by atoms with van der Waals surface area (Å²) in [5.41, 5.74) is 2.10. The number of hydrogen-bond donors (Lipinski definition) is 0. The van der Waals surface area contributed by atoms with E-state index in [9.17, 15) is 4.79 Å². The van der Waals surface area contributed by atoms with E-state index in [1.54, 1.807) is 18.3 Å². The van der Waals surface area contributed by atoms with Crippen molar-refractivity contribution in [1.29, 1.82) is 0 Å². The van der Waals surface area contributed by atoms with Gasteiger partial charge in [-0.15, -0.1) is 0 Å². The molecular weight excluding hydrogens is 294 g/mol. The highest BCUT2D eigenvalue weighted by Gasteiger charge is 2.23. The number of ketones is 1. The zero-order chi connectivity index (χ0) is 12.5. The van der Waals surface area contributed by atoms with Crippen molar-refractivity contribution in [3.63, 3.8) is 0 Å². The summed E-state index contributed by atoms with van der Waals surface area (Å²) in [6, 6.07) is 9.26. The van der Waals surface area contributed by atoms with Crippen LogP contribution in [0, 0.1) is 0 Å². The van der Waals surface area contributed by atoms with Gasteiger partial charge < -0.3 is 4.74 Å². The first kappa shape index (κ1) is 11.4. The van der Waals surface area contributed by atoms with Gasteiger partial charge in [-0.1, -0.05) is 12.1 Å². The minimum atomic E-state index is -0.110. The van der Waals surface area contributed by atoms with Crippen LogP contribution >= 0.6 is 15.9 Å². The van der Waals surface area contributed by atoms with E-state index in [0.717, 1.165) is 12.0 Å². The summed E-state index contributed by atoms with van der Waals surface area (Å²) in [6.07, 6.45) is 2.47. The SMILES string of the molecule is O=C(c1cccc2c1OCC2)c1ncccc1Br. The highest BCUT2D eigenvalue weighted by atomic mass is 79.9. The lowest BCUT2D eigenvalue weighted by Crippen LogP contribution is -2.06. The molecule has 0 N–H and O–H groups in total. The van der Waals surface area contributed by atoms with E-state index in [1.165, 1.54) is 0 Å². The fourth-order valence-electron chi connectivity index (χ4n) is 2.07. The van der Waals surface area contributed by atoms with E-state index < -0.39 is 0 Å². The van der Waals surface area contributed by atoms with Crippen LogP contribution in [0.4, 0.5) is 0 Å². The number of carbonyl (C=O) groups is 1. The molecule has 0 atom stereocenters. The smallest absolute Gasteiger partial charge is 0.216 e. The number of nitrogens with zero attached hydrogens (tertiary/aromatic N) is 1. The number of ether oxygens (including phenoxy) is 1. The summed E-state index contributed by atoms with van der Waals surface area (Å²) < 4.78 is 6.25. The molecule has 0 aliphatic carbocycles. The van der Waals surface area contributed by atoms with Crippen molar-refractivity contribution in [2.75, 3.05) is 6.61 Å². The number of halogens is 1. The fourth-order valence-corrected chi connectivity index (χ4v) is 2.51. The van der Waals surface area contributed by atoms with Gasteiger partial charge in [0.15, 0.2) is 0 Å². The first-order valence-electron chi connectivity index (χ1n) is 5.67. The maximum Gasteiger partial charge on any atom is 0.216 e. The average Bonchev–Trinajstić information content (AvgIpc) is 2.86. The Morgan fingerprint density at radius 3 is 3.00 bits per heavy atom. The number of aromatic nitrogens is 1. The van der Waals surface area contributed by atoms with Gasteiger partial charge in [-0.3, -0.25) is 9.78 Å². The number of para-hydroxylation sites is 1. The Labute approximate surface area is 113 Å². The summed E-state index contributed by atoms with van der Waals surface area (Å²) in [5.74, 6) is 0.598. The first-order chi connectivity index (χ1) is 8.77. The molecule has 0 spiro atoms. The highest BCUT2D eigenvalue weighted by molar-refractivity contribution is 9.10. The molecule has 1 aliphatic rings. The largest absolute Gasteiger partial charge is 0.492 e. The lowest BCUT2D eigenvalue weighted by atomic mass is 10.0. The summed E-state index contributed by atoms with van der Waals surface area (Å²) in [5, 5.41) is 0. The number of pyridine rings is 1. The van der Waals surface area contributed by atoms with Gasteiger partial charge in [0.25, 0.3) is 0 Å². The summed E-state index contributed by atoms with van der Waals surface area (Å²) in [7, 11) is 0. The Balaban J connectivity index is 2.09. The van der Waals surface area contributed by atoms with E-state index in [4.69, 9.17) is 4.74 Å². The van der Waals surface area contributed by atoms with Crippen molar-refractivity contribution in [1.82, 2.24) is 4.98 Å². The van der Waals surface area contributed by atoms with Crippen LogP contribution < -0.4 is 4.74 Å². The molecule has 3 nitrogen and oxygen atoms in total. The van der Waals surface area contributed by atoms with Crippen LogP contribution in [0.3, 0.4) is 0 Å². The van der Waals surface area contributed by atoms with Crippen LogP contribution in [0.15, 0.2) is 41.0 Å². The van der Waals surface area contributed by atoms with Gasteiger partial charge in [-0.2, -0.15) is 0 Å². The molecule has 1 aromatic carbocycles. The zero-order valence-electron chi connectivity index (χ0n) is 9.52. The van der Waals surface area contributed by atoms with Crippen LogP contribution in [0.5, 0.6) is 5.75 Å². The fraction of sp³-hybridized carbons (Fsp3) is 0.143. The molecule has 0 amide bonds. The van der Waals surface area contributed by atoms with Gasteiger partial charge in [-0.05, 0) is 39.7 Å². The van der Waals surface area contributed by atoms with E-state index in [2.05, 4.69) is 20.9 Å². The number of rotatable bonds is 2. The lowest BCUT2D eigenvalue weighted by Gasteiger charge is -2.07. The van der Waals surface area contributed by atoms with Gasteiger partial charge in [-0.25, -0.2) is 0 Å². The molecule has 18 heavy (non-hydrogen) atoms. The molecule has 2 heterocycles. The minimum absolute atomic E-state index is 0.110. The molecule has 90 valence electrons. The standard InChI is InChI=1S/C14H10BrNO2/c15-11-5-2-7-16-12(11)13(17)10-4-1-3-9-6-8-18-14(9)10/h1-5,7H,6,8H2. The second-order valence-corrected chi connectivity index (χ2v) is 4.91. The highest BCUT2D eigenvalue weighted by Crippen LogP contribution is 2.31. The topological polar surface area (TPSA) is 39.2 Å². The molecule has 1 aromatic heterocycles. The third kappa shape index (κ3) is 1.82. The number of fused-ring (bicyclic) bond motifs is 1. The van der Waals surface area contributed by atoms with Crippen LogP contribution in [-0.4, -0.2) is 17.4 Å². The third-order valence-electron chi connectivity index (χ3n) is 2.93. The van der Waals surface area contributed by atoms with Crippen molar-refractivity contribution >= 4 is 21.7 Å². The molecule has 3 rings (SSSR count). The Hall–Kier alpha value is -1.68. The molecule has 2 aromatic rings. The molecule has 0 radical (unpaired) electrons. The quantitative estimate of drug-likeness (QED) is 0.801. The predicted octanol–water partition coefficient (Wildman–Crippen LogP) is 3.01. The van der Waals surface area contributed by atoms with Crippen molar-refractivity contribution in [2.24, 2.45) is 0 Å². The van der Waals surface area contributed by atoms with Crippen LogP contribution in [0.1, 0.15) is 21.6 Å². The van der Waals surface area contributed by atoms with E-state index in [0.29, 0.717) is 28.1 Å². The molecule has 0 saturated carbocycles. The zero-order valence-corrected chi connectivity index (χ0v) is 11.1. The number of carbonyl (C=O) groups excluding carboxylic acids is 1. The van der Waals surface area contributed by atoms with Gasteiger partial charge in [0.1, 0.15) is 11.4 Å². The Morgan fingerprint density at radius 2 is 2.17 bits per heavy atom. The molecule has 0 fully saturated rings. The van der Waals surface area contributed by atoms with Gasteiger partial charge in [0, 0.05) is 17.1 Å². The Morgan fingerprint density at radius 1 is 1.28 bits per heavy atom. The van der Waals surface area contributed by atoms with Crippen molar-refractivity contribution in [3.05, 3.63) is 57.8 Å².